The lowest BCUT2D eigenvalue weighted by Crippen LogP contribution is -2.46. The van der Waals surface area contributed by atoms with E-state index >= 15 is 0 Å². The van der Waals surface area contributed by atoms with Gasteiger partial charge < -0.3 is 15.2 Å². The van der Waals surface area contributed by atoms with Crippen LogP contribution in [-0.4, -0.2) is 47.8 Å². The van der Waals surface area contributed by atoms with Crippen molar-refractivity contribution in [1.82, 2.24) is 4.90 Å². The fourth-order valence-electron chi connectivity index (χ4n) is 3.11. The molecule has 2 unspecified atom stereocenters. The standard InChI is InChI=1S/C18H28N2O3/c1-3-23-16-9-7-15(8-10-16)19-18(22)11-13-20-12-5-4-6-17(20)14(2)21/h7-10,14,17,21H,3-6,11-13H2,1-2H3,(H,19,22). The van der Waals surface area contributed by atoms with Crippen molar-refractivity contribution >= 4 is 11.6 Å². The third-order valence-corrected chi connectivity index (χ3v) is 4.30. The smallest absolute Gasteiger partial charge is 0.225 e. The van der Waals surface area contributed by atoms with Crippen molar-refractivity contribution in [3.8, 4) is 5.75 Å². The molecule has 1 saturated heterocycles. The summed E-state index contributed by atoms with van der Waals surface area (Å²) in [5.41, 5.74) is 0.782. The van der Waals surface area contributed by atoms with Crippen LogP contribution in [0.25, 0.3) is 0 Å². The van der Waals surface area contributed by atoms with Gasteiger partial charge in [-0.05, 0) is 57.5 Å². The number of anilines is 1. The Morgan fingerprint density at radius 3 is 2.78 bits per heavy atom. The van der Waals surface area contributed by atoms with Crippen molar-refractivity contribution in [3.05, 3.63) is 24.3 Å². The highest BCUT2D eigenvalue weighted by atomic mass is 16.5. The molecule has 1 heterocycles. The highest BCUT2D eigenvalue weighted by molar-refractivity contribution is 5.90. The summed E-state index contributed by atoms with van der Waals surface area (Å²) in [6.45, 7) is 6.07. The molecule has 0 bridgehead atoms. The van der Waals surface area contributed by atoms with Gasteiger partial charge in [0.25, 0.3) is 0 Å². The molecule has 0 aliphatic carbocycles. The summed E-state index contributed by atoms with van der Waals surface area (Å²) in [4.78, 5) is 14.4. The van der Waals surface area contributed by atoms with Gasteiger partial charge >= 0.3 is 0 Å². The summed E-state index contributed by atoms with van der Waals surface area (Å²) in [6, 6.07) is 7.59. The molecule has 1 aromatic rings. The van der Waals surface area contributed by atoms with Crippen LogP contribution in [0, 0.1) is 0 Å². The predicted molar refractivity (Wildman–Crippen MR) is 91.8 cm³/mol. The molecule has 0 saturated carbocycles. The number of hydrogen-bond donors (Lipinski definition) is 2. The second-order valence-electron chi connectivity index (χ2n) is 6.10. The monoisotopic (exact) mass is 320 g/mol. The Morgan fingerprint density at radius 1 is 1.39 bits per heavy atom. The van der Waals surface area contributed by atoms with E-state index in [0.29, 0.717) is 19.6 Å². The molecule has 1 amide bonds. The van der Waals surface area contributed by atoms with E-state index in [4.69, 9.17) is 4.74 Å². The van der Waals surface area contributed by atoms with Crippen molar-refractivity contribution < 1.29 is 14.6 Å². The van der Waals surface area contributed by atoms with Gasteiger partial charge in [0.1, 0.15) is 5.75 Å². The number of aliphatic hydroxyl groups is 1. The van der Waals surface area contributed by atoms with E-state index in [9.17, 15) is 9.90 Å². The Bertz CT molecular complexity index is 488. The lowest BCUT2D eigenvalue weighted by atomic mass is 9.98. The third-order valence-electron chi connectivity index (χ3n) is 4.30. The number of aliphatic hydroxyl groups excluding tert-OH is 1. The van der Waals surface area contributed by atoms with Crippen LogP contribution in [-0.2, 0) is 4.79 Å². The van der Waals surface area contributed by atoms with E-state index in [1.165, 1.54) is 0 Å². The second-order valence-corrected chi connectivity index (χ2v) is 6.10. The minimum atomic E-state index is -0.343. The Kier molecular flexibility index (Phi) is 6.86. The van der Waals surface area contributed by atoms with Crippen molar-refractivity contribution in [2.75, 3.05) is 25.0 Å². The molecule has 0 spiro atoms. The van der Waals surface area contributed by atoms with Crippen LogP contribution in [0.4, 0.5) is 5.69 Å². The van der Waals surface area contributed by atoms with Crippen molar-refractivity contribution in [2.24, 2.45) is 0 Å². The fraction of sp³-hybridized carbons (Fsp3) is 0.611. The van der Waals surface area contributed by atoms with E-state index in [1.807, 2.05) is 38.1 Å². The molecule has 1 aliphatic heterocycles. The molecule has 2 N–H and O–H groups in total. The molecule has 5 nitrogen and oxygen atoms in total. The van der Waals surface area contributed by atoms with Crippen LogP contribution in [0.5, 0.6) is 5.75 Å². The average molecular weight is 320 g/mol. The maximum Gasteiger partial charge on any atom is 0.225 e. The number of ether oxygens (including phenoxy) is 1. The molecular formula is C18H28N2O3. The van der Waals surface area contributed by atoms with Crippen LogP contribution >= 0.6 is 0 Å². The number of likely N-dealkylation sites (tertiary alicyclic amines) is 1. The number of carbonyl (C=O) groups is 1. The molecule has 2 rings (SSSR count). The molecular weight excluding hydrogens is 292 g/mol. The zero-order valence-electron chi connectivity index (χ0n) is 14.1. The largest absolute Gasteiger partial charge is 0.494 e. The predicted octanol–water partition coefficient (Wildman–Crippen LogP) is 2.65. The van der Waals surface area contributed by atoms with Gasteiger partial charge in [-0.3, -0.25) is 9.69 Å². The highest BCUT2D eigenvalue weighted by Gasteiger charge is 2.26. The van der Waals surface area contributed by atoms with Crippen LogP contribution in [0.1, 0.15) is 39.5 Å². The molecule has 1 fully saturated rings. The SMILES string of the molecule is CCOc1ccc(NC(=O)CCN2CCCCC2C(C)O)cc1. The first-order valence-electron chi connectivity index (χ1n) is 8.55. The molecule has 128 valence electrons. The molecule has 23 heavy (non-hydrogen) atoms. The normalized spacial score (nSPS) is 20.0. The molecule has 1 aliphatic rings. The maximum atomic E-state index is 12.1. The van der Waals surface area contributed by atoms with Gasteiger partial charge in [-0.25, -0.2) is 0 Å². The second kappa shape index (κ2) is 8.89. The lowest BCUT2D eigenvalue weighted by Gasteiger charge is -2.37. The highest BCUT2D eigenvalue weighted by Crippen LogP contribution is 2.20. The number of hydrogen-bond acceptors (Lipinski definition) is 4. The summed E-state index contributed by atoms with van der Waals surface area (Å²) in [5, 5.41) is 12.8. The Hall–Kier alpha value is -1.59. The summed E-state index contributed by atoms with van der Waals surface area (Å²) in [7, 11) is 0. The maximum absolute atomic E-state index is 12.1. The van der Waals surface area contributed by atoms with Crippen molar-refractivity contribution in [3.63, 3.8) is 0 Å². The van der Waals surface area contributed by atoms with E-state index in [1.54, 1.807) is 0 Å². The molecule has 1 aromatic carbocycles. The average Bonchev–Trinajstić information content (AvgIpc) is 2.55. The zero-order chi connectivity index (χ0) is 16.7. The van der Waals surface area contributed by atoms with E-state index in [-0.39, 0.29) is 18.1 Å². The van der Waals surface area contributed by atoms with Crippen molar-refractivity contribution in [1.29, 1.82) is 0 Å². The zero-order valence-corrected chi connectivity index (χ0v) is 14.1. The van der Waals surface area contributed by atoms with E-state index in [0.717, 1.165) is 37.2 Å². The van der Waals surface area contributed by atoms with Gasteiger partial charge in [0.15, 0.2) is 0 Å². The van der Waals surface area contributed by atoms with Gasteiger partial charge in [0.2, 0.25) is 5.91 Å². The number of nitrogens with zero attached hydrogens (tertiary/aromatic N) is 1. The minimum absolute atomic E-state index is 0.00377. The Labute approximate surface area is 138 Å². The first kappa shape index (κ1) is 17.8. The van der Waals surface area contributed by atoms with Gasteiger partial charge in [-0.2, -0.15) is 0 Å². The van der Waals surface area contributed by atoms with Crippen LogP contribution < -0.4 is 10.1 Å². The van der Waals surface area contributed by atoms with E-state index in [2.05, 4.69) is 10.2 Å². The number of amides is 1. The van der Waals surface area contributed by atoms with Crippen LogP contribution in [0.3, 0.4) is 0 Å². The summed E-state index contributed by atoms with van der Waals surface area (Å²) < 4.78 is 5.38. The molecule has 0 aromatic heterocycles. The van der Waals surface area contributed by atoms with Gasteiger partial charge in [-0.1, -0.05) is 6.42 Å². The quantitative estimate of drug-likeness (QED) is 0.811. The van der Waals surface area contributed by atoms with Crippen LogP contribution in [0.2, 0.25) is 0 Å². The minimum Gasteiger partial charge on any atom is -0.494 e. The number of rotatable bonds is 7. The number of piperidine rings is 1. The molecule has 0 radical (unpaired) electrons. The first-order valence-corrected chi connectivity index (χ1v) is 8.55. The number of carbonyl (C=O) groups excluding carboxylic acids is 1. The lowest BCUT2D eigenvalue weighted by molar-refractivity contribution is -0.116. The van der Waals surface area contributed by atoms with Crippen molar-refractivity contribution in [2.45, 2.75) is 51.7 Å². The third kappa shape index (κ3) is 5.52. The van der Waals surface area contributed by atoms with Gasteiger partial charge in [0.05, 0.1) is 12.7 Å². The summed E-state index contributed by atoms with van der Waals surface area (Å²) in [6.07, 6.45) is 3.41. The van der Waals surface area contributed by atoms with Crippen LogP contribution in [0.15, 0.2) is 24.3 Å². The topological polar surface area (TPSA) is 61.8 Å². The molecule has 5 heteroatoms. The van der Waals surface area contributed by atoms with E-state index < -0.39 is 0 Å². The summed E-state index contributed by atoms with van der Waals surface area (Å²) in [5.74, 6) is 0.808. The number of nitrogens with one attached hydrogen (secondary N) is 1. The number of benzene rings is 1. The first-order chi connectivity index (χ1) is 11.1. The van der Waals surface area contributed by atoms with Gasteiger partial charge in [-0.15, -0.1) is 0 Å². The fourth-order valence-corrected chi connectivity index (χ4v) is 3.11. The Morgan fingerprint density at radius 2 is 2.13 bits per heavy atom. The summed E-state index contributed by atoms with van der Waals surface area (Å²) >= 11 is 0. The molecule has 2 atom stereocenters. The Balaban J connectivity index is 1.80. The van der Waals surface area contributed by atoms with Gasteiger partial charge in [0, 0.05) is 24.7 Å².